The molecule has 0 rings (SSSR count). The lowest BCUT2D eigenvalue weighted by molar-refractivity contribution is -0.131. The highest BCUT2D eigenvalue weighted by Crippen LogP contribution is 1.85. The third kappa shape index (κ3) is 4.29. The molecule has 0 aromatic rings. The van der Waals surface area contributed by atoms with Crippen LogP contribution in [-0.2, 0) is 9.53 Å². The third-order valence-electron chi connectivity index (χ3n) is 1.06. The maximum absolute atomic E-state index is 10.7. The Morgan fingerprint density at radius 2 is 2.30 bits per heavy atom. The molecule has 0 saturated carbocycles. The van der Waals surface area contributed by atoms with Gasteiger partial charge in [0.15, 0.2) is 0 Å². The average Bonchev–Trinajstić information content (AvgIpc) is 1.88. The molecule has 0 spiro atoms. The Bertz CT molecular complexity index is 104. The van der Waals surface area contributed by atoms with Crippen LogP contribution >= 0.6 is 0 Å². The molecule has 60 valence electrons. The lowest BCUT2D eigenvalue weighted by Crippen LogP contribution is -2.33. The summed E-state index contributed by atoms with van der Waals surface area (Å²) in [7, 11) is 1.52. The van der Waals surface area contributed by atoms with Gasteiger partial charge < -0.3 is 4.74 Å². The molecule has 2 N–H and O–H groups in total. The van der Waals surface area contributed by atoms with Crippen molar-refractivity contribution in [1.29, 1.82) is 0 Å². The summed E-state index contributed by atoms with van der Waals surface area (Å²) in [5.74, 6) is 5.04. The quantitative estimate of drug-likeness (QED) is 0.257. The van der Waals surface area contributed by atoms with E-state index in [0.717, 1.165) is 5.01 Å². The molecule has 0 heterocycles. The minimum Gasteiger partial charge on any atom is -0.381 e. The van der Waals surface area contributed by atoms with Crippen LogP contribution in [0.1, 0.15) is 13.3 Å². The van der Waals surface area contributed by atoms with E-state index in [-0.39, 0.29) is 5.91 Å². The zero-order valence-corrected chi connectivity index (χ0v) is 6.46. The summed E-state index contributed by atoms with van der Waals surface area (Å²) in [6, 6.07) is 0. The van der Waals surface area contributed by atoms with Gasteiger partial charge in [-0.05, 0) is 6.92 Å². The Kier molecular flexibility index (Phi) is 4.88. The number of carbonyl (C=O) groups is 1. The Hall–Kier alpha value is -0.610. The topological polar surface area (TPSA) is 55.6 Å². The minimum absolute atomic E-state index is 0.103. The van der Waals surface area contributed by atoms with E-state index in [1.165, 1.54) is 7.05 Å². The van der Waals surface area contributed by atoms with E-state index in [4.69, 9.17) is 10.6 Å². The molecule has 0 aliphatic heterocycles. The summed E-state index contributed by atoms with van der Waals surface area (Å²) in [5, 5.41) is 1.07. The van der Waals surface area contributed by atoms with Gasteiger partial charge in [0.25, 0.3) is 0 Å². The van der Waals surface area contributed by atoms with Crippen LogP contribution in [0.25, 0.3) is 0 Å². The second kappa shape index (κ2) is 5.20. The number of nitrogens with two attached hydrogens (primary N) is 1. The van der Waals surface area contributed by atoms with Gasteiger partial charge in [-0.1, -0.05) is 0 Å². The van der Waals surface area contributed by atoms with E-state index in [1.54, 1.807) is 0 Å². The second-order valence-electron chi connectivity index (χ2n) is 1.95. The van der Waals surface area contributed by atoms with Crippen molar-refractivity contribution in [3.63, 3.8) is 0 Å². The Balaban J connectivity index is 3.22. The normalized spacial score (nSPS) is 9.50. The fraction of sp³-hybridized carbons (Fsp3) is 0.833. The molecule has 0 aliphatic carbocycles. The minimum atomic E-state index is -0.103. The highest BCUT2D eigenvalue weighted by Gasteiger charge is 2.02. The zero-order valence-electron chi connectivity index (χ0n) is 6.46. The number of hydrazine groups is 1. The first-order valence-electron chi connectivity index (χ1n) is 3.27. The third-order valence-corrected chi connectivity index (χ3v) is 1.06. The lowest BCUT2D eigenvalue weighted by atomic mass is 10.4. The van der Waals surface area contributed by atoms with Crippen LogP contribution in [-0.4, -0.2) is 31.2 Å². The van der Waals surface area contributed by atoms with Crippen LogP contribution in [0, 0.1) is 0 Å². The average molecular weight is 146 g/mol. The van der Waals surface area contributed by atoms with Gasteiger partial charge in [-0.15, -0.1) is 0 Å². The SMILES string of the molecule is CCOCCC(=O)N(C)N. The fourth-order valence-electron chi connectivity index (χ4n) is 0.480. The van der Waals surface area contributed by atoms with Crippen molar-refractivity contribution >= 4 is 5.91 Å². The summed E-state index contributed by atoms with van der Waals surface area (Å²) in [4.78, 5) is 10.7. The van der Waals surface area contributed by atoms with Crippen molar-refractivity contribution in [2.45, 2.75) is 13.3 Å². The number of ether oxygens (including phenoxy) is 1. The Labute approximate surface area is 60.9 Å². The number of hydrogen-bond donors (Lipinski definition) is 1. The zero-order chi connectivity index (χ0) is 7.98. The van der Waals surface area contributed by atoms with Gasteiger partial charge in [-0.25, -0.2) is 5.84 Å². The molecule has 0 aromatic heterocycles. The Morgan fingerprint density at radius 3 is 2.70 bits per heavy atom. The second-order valence-corrected chi connectivity index (χ2v) is 1.95. The van der Waals surface area contributed by atoms with Crippen molar-refractivity contribution < 1.29 is 9.53 Å². The summed E-state index contributed by atoms with van der Waals surface area (Å²) in [6.45, 7) is 2.98. The highest BCUT2D eigenvalue weighted by molar-refractivity contribution is 5.75. The molecule has 0 aliphatic rings. The number of hydrogen-bond acceptors (Lipinski definition) is 3. The maximum Gasteiger partial charge on any atom is 0.238 e. The first kappa shape index (κ1) is 9.39. The molecular weight excluding hydrogens is 132 g/mol. The van der Waals surface area contributed by atoms with E-state index >= 15 is 0 Å². The van der Waals surface area contributed by atoms with E-state index in [1.807, 2.05) is 6.92 Å². The number of carbonyl (C=O) groups excluding carboxylic acids is 1. The van der Waals surface area contributed by atoms with Crippen LogP contribution in [0.5, 0.6) is 0 Å². The number of rotatable bonds is 4. The molecule has 1 amide bonds. The van der Waals surface area contributed by atoms with Crippen LogP contribution < -0.4 is 5.84 Å². The molecule has 0 saturated heterocycles. The molecule has 10 heavy (non-hydrogen) atoms. The van der Waals surface area contributed by atoms with Gasteiger partial charge in [0, 0.05) is 13.7 Å². The predicted octanol–water partition coefficient (Wildman–Crippen LogP) is -0.255. The number of nitrogens with zero attached hydrogens (tertiary/aromatic N) is 1. The van der Waals surface area contributed by atoms with Crippen molar-refractivity contribution in [1.82, 2.24) is 5.01 Å². The summed E-state index contributed by atoms with van der Waals surface area (Å²) in [6.07, 6.45) is 0.362. The lowest BCUT2D eigenvalue weighted by Gasteiger charge is -2.08. The van der Waals surface area contributed by atoms with Crippen LogP contribution in [0.2, 0.25) is 0 Å². The van der Waals surface area contributed by atoms with Crippen molar-refractivity contribution in [2.75, 3.05) is 20.3 Å². The van der Waals surface area contributed by atoms with Crippen LogP contribution in [0.15, 0.2) is 0 Å². The molecule has 0 bridgehead atoms. The van der Waals surface area contributed by atoms with Crippen molar-refractivity contribution in [3.8, 4) is 0 Å². The molecule has 4 nitrogen and oxygen atoms in total. The van der Waals surface area contributed by atoms with Gasteiger partial charge in [0.1, 0.15) is 0 Å². The first-order chi connectivity index (χ1) is 4.68. The van der Waals surface area contributed by atoms with Gasteiger partial charge in [0.05, 0.1) is 13.0 Å². The fourth-order valence-corrected chi connectivity index (χ4v) is 0.480. The molecule has 0 fully saturated rings. The van der Waals surface area contributed by atoms with Crippen LogP contribution in [0.3, 0.4) is 0 Å². The molecule has 0 unspecified atom stereocenters. The Morgan fingerprint density at radius 1 is 1.70 bits per heavy atom. The van der Waals surface area contributed by atoms with E-state index in [9.17, 15) is 4.79 Å². The maximum atomic E-state index is 10.7. The smallest absolute Gasteiger partial charge is 0.238 e. The van der Waals surface area contributed by atoms with E-state index in [0.29, 0.717) is 19.6 Å². The van der Waals surface area contributed by atoms with Gasteiger partial charge >= 0.3 is 0 Å². The monoisotopic (exact) mass is 146 g/mol. The summed E-state index contributed by atoms with van der Waals surface area (Å²) < 4.78 is 4.95. The number of amides is 1. The highest BCUT2D eigenvalue weighted by atomic mass is 16.5. The van der Waals surface area contributed by atoms with E-state index in [2.05, 4.69) is 0 Å². The first-order valence-corrected chi connectivity index (χ1v) is 3.27. The molecule has 4 heteroatoms. The van der Waals surface area contributed by atoms with Crippen LogP contribution in [0.4, 0.5) is 0 Å². The largest absolute Gasteiger partial charge is 0.381 e. The van der Waals surface area contributed by atoms with Gasteiger partial charge in [0.2, 0.25) is 5.91 Å². The molecular formula is C6H14N2O2. The molecule has 0 aromatic carbocycles. The van der Waals surface area contributed by atoms with Crippen molar-refractivity contribution in [3.05, 3.63) is 0 Å². The molecule has 0 atom stereocenters. The molecule has 0 radical (unpaired) electrons. The summed E-state index contributed by atoms with van der Waals surface area (Å²) >= 11 is 0. The van der Waals surface area contributed by atoms with E-state index < -0.39 is 0 Å². The summed E-state index contributed by atoms with van der Waals surface area (Å²) in [5.41, 5.74) is 0. The predicted molar refractivity (Wildman–Crippen MR) is 38.1 cm³/mol. The van der Waals surface area contributed by atoms with Gasteiger partial charge in [-0.3, -0.25) is 9.80 Å². The van der Waals surface area contributed by atoms with Gasteiger partial charge in [-0.2, -0.15) is 0 Å². The standard InChI is InChI=1S/C6H14N2O2/c1-3-10-5-4-6(9)8(2)7/h3-5,7H2,1-2H3. The van der Waals surface area contributed by atoms with Crippen molar-refractivity contribution in [2.24, 2.45) is 5.84 Å².